The molecule has 10 nitrogen and oxygen atoms in total. The van der Waals surface area contributed by atoms with Crippen LogP contribution in [0, 0.1) is 5.92 Å². The maximum Gasteiger partial charge on any atom is 0.325 e. The second-order valence-corrected chi connectivity index (χ2v) is 6.87. The van der Waals surface area contributed by atoms with E-state index in [2.05, 4.69) is 16.0 Å². The number of hydrogen-bond donors (Lipinski definition) is 3. The monoisotopic (exact) mass is 374 g/mol. The van der Waals surface area contributed by atoms with Gasteiger partial charge in [-0.2, -0.15) is 0 Å². The van der Waals surface area contributed by atoms with E-state index in [1.165, 1.54) is 0 Å². The van der Waals surface area contributed by atoms with Crippen LogP contribution in [-0.4, -0.2) is 47.7 Å². The highest BCUT2D eigenvalue weighted by Gasteiger charge is 2.56. The molecule has 0 bridgehead atoms. The van der Waals surface area contributed by atoms with Crippen molar-refractivity contribution in [2.24, 2.45) is 5.92 Å². The minimum atomic E-state index is -0.966. The van der Waals surface area contributed by atoms with Crippen LogP contribution in [0.4, 0.5) is 15.3 Å². The predicted molar refractivity (Wildman–Crippen MR) is 91.1 cm³/mol. The van der Waals surface area contributed by atoms with E-state index in [9.17, 15) is 19.2 Å². The normalized spacial score (nSPS) is 23.2. The molecule has 1 aromatic carbocycles. The summed E-state index contributed by atoms with van der Waals surface area (Å²) in [4.78, 5) is 49.4. The van der Waals surface area contributed by atoms with E-state index in [1.807, 2.05) is 0 Å². The van der Waals surface area contributed by atoms with Crippen molar-refractivity contribution in [2.75, 3.05) is 18.7 Å². The number of rotatable bonds is 4. The molecule has 2 heterocycles. The standard InChI is InChI=1S/C17H18N4O6/c1-17(9-2-3-9)14(23)21(16(25)20-17)7-13(22)19-15(24)18-10-4-5-11-12(6-10)27-8-26-11/h4-6,9H,2-3,7-8H2,1H3,(H,20,25)(H2,18,19,22,24). The lowest BCUT2D eigenvalue weighted by Crippen LogP contribution is -2.47. The van der Waals surface area contributed by atoms with Gasteiger partial charge >= 0.3 is 12.1 Å². The molecule has 27 heavy (non-hydrogen) atoms. The molecule has 3 aliphatic rings. The van der Waals surface area contributed by atoms with Gasteiger partial charge in [-0.1, -0.05) is 0 Å². The molecule has 0 aromatic heterocycles. The third-order valence-corrected chi connectivity index (χ3v) is 4.88. The van der Waals surface area contributed by atoms with Crippen molar-refractivity contribution < 1.29 is 28.7 Å². The first kappa shape index (κ1) is 17.1. The van der Waals surface area contributed by atoms with E-state index in [-0.39, 0.29) is 12.7 Å². The van der Waals surface area contributed by atoms with Gasteiger partial charge in [-0.05, 0) is 37.8 Å². The largest absolute Gasteiger partial charge is 0.454 e. The third kappa shape index (κ3) is 3.14. The quantitative estimate of drug-likeness (QED) is 0.669. The first-order valence-electron chi connectivity index (χ1n) is 8.51. The smallest absolute Gasteiger partial charge is 0.325 e. The number of carbonyl (C=O) groups is 4. The average molecular weight is 374 g/mol. The SMILES string of the molecule is CC1(C2CC2)NC(=O)N(CC(=O)NC(=O)Nc2ccc3c(c2)OCO3)C1=O. The number of anilines is 1. The molecule has 1 saturated heterocycles. The zero-order chi connectivity index (χ0) is 19.2. The van der Waals surface area contributed by atoms with Crippen LogP contribution in [0.1, 0.15) is 19.8 Å². The van der Waals surface area contributed by atoms with Crippen molar-refractivity contribution >= 4 is 29.6 Å². The first-order valence-corrected chi connectivity index (χ1v) is 8.51. The molecule has 2 aliphatic heterocycles. The number of ether oxygens (including phenoxy) is 2. The Bertz CT molecular complexity index is 852. The van der Waals surface area contributed by atoms with Gasteiger partial charge in [-0.3, -0.25) is 19.8 Å². The summed E-state index contributed by atoms with van der Waals surface area (Å²) in [6, 6.07) is 3.38. The van der Waals surface area contributed by atoms with Gasteiger partial charge in [0, 0.05) is 11.8 Å². The van der Waals surface area contributed by atoms with Crippen LogP contribution in [0.5, 0.6) is 11.5 Å². The molecule has 4 rings (SSSR count). The van der Waals surface area contributed by atoms with E-state index in [1.54, 1.807) is 25.1 Å². The lowest BCUT2D eigenvalue weighted by atomic mass is 9.96. The minimum absolute atomic E-state index is 0.0938. The Labute approximate surface area is 154 Å². The molecule has 0 radical (unpaired) electrons. The number of benzene rings is 1. The van der Waals surface area contributed by atoms with Crippen LogP contribution in [0.15, 0.2) is 18.2 Å². The predicted octanol–water partition coefficient (Wildman–Crippen LogP) is 0.784. The zero-order valence-corrected chi connectivity index (χ0v) is 14.5. The van der Waals surface area contributed by atoms with Crippen molar-refractivity contribution in [3.63, 3.8) is 0 Å². The number of fused-ring (bicyclic) bond motifs is 1. The maximum absolute atomic E-state index is 12.5. The zero-order valence-electron chi connectivity index (χ0n) is 14.5. The van der Waals surface area contributed by atoms with Gasteiger partial charge in [0.2, 0.25) is 12.7 Å². The number of nitrogens with one attached hydrogen (secondary N) is 3. The van der Waals surface area contributed by atoms with Gasteiger partial charge < -0.3 is 20.1 Å². The molecule has 0 spiro atoms. The summed E-state index contributed by atoms with van der Waals surface area (Å²) in [7, 11) is 0. The number of imide groups is 2. The van der Waals surface area contributed by atoms with Crippen LogP contribution in [0.2, 0.25) is 0 Å². The van der Waals surface area contributed by atoms with Crippen molar-refractivity contribution in [3.05, 3.63) is 18.2 Å². The highest BCUT2D eigenvalue weighted by Crippen LogP contribution is 2.42. The van der Waals surface area contributed by atoms with Crippen molar-refractivity contribution in [1.82, 2.24) is 15.5 Å². The minimum Gasteiger partial charge on any atom is -0.454 e. The summed E-state index contributed by atoms with van der Waals surface area (Å²) in [6.45, 7) is 1.24. The summed E-state index contributed by atoms with van der Waals surface area (Å²) in [6.07, 6.45) is 1.72. The van der Waals surface area contributed by atoms with Crippen LogP contribution in [0.3, 0.4) is 0 Å². The molecule has 6 amide bonds. The number of nitrogens with zero attached hydrogens (tertiary/aromatic N) is 1. The fraction of sp³-hybridized carbons (Fsp3) is 0.412. The van der Waals surface area contributed by atoms with Gasteiger partial charge in [0.05, 0.1) is 0 Å². The van der Waals surface area contributed by atoms with Gasteiger partial charge in [0.1, 0.15) is 12.1 Å². The lowest BCUT2D eigenvalue weighted by Gasteiger charge is -2.20. The van der Waals surface area contributed by atoms with Crippen molar-refractivity contribution in [1.29, 1.82) is 0 Å². The Morgan fingerprint density at radius 3 is 2.74 bits per heavy atom. The maximum atomic E-state index is 12.5. The van der Waals surface area contributed by atoms with Gasteiger partial charge in [-0.15, -0.1) is 0 Å². The summed E-state index contributed by atoms with van der Waals surface area (Å²) in [5.74, 6) is -0.0680. The Morgan fingerprint density at radius 1 is 1.26 bits per heavy atom. The van der Waals surface area contributed by atoms with E-state index in [0.29, 0.717) is 17.2 Å². The third-order valence-electron chi connectivity index (χ3n) is 4.88. The van der Waals surface area contributed by atoms with Crippen LogP contribution in [0.25, 0.3) is 0 Å². The second kappa shape index (κ2) is 6.15. The van der Waals surface area contributed by atoms with Gasteiger partial charge in [0.25, 0.3) is 5.91 Å². The molecule has 2 fully saturated rings. The molecule has 3 N–H and O–H groups in total. The summed E-state index contributed by atoms with van der Waals surface area (Å²) < 4.78 is 10.4. The van der Waals surface area contributed by atoms with Gasteiger partial charge in [0.15, 0.2) is 11.5 Å². The number of urea groups is 2. The van der Waals surface area contributed by atoms with E-state index < -0.39 is 36.0 Å². The molecule has 1 unspecified atom stereocenters. The van der Waals surface area contributed by atoms with E-state index in [0.717, 1.165) is 17.7 Å². The Morgan fingerprint density at radius 2 is 2.00 bits per heavy atom. The number of amides is 6. The number of hydrogen-bond acceptors (Lipinski definition) is 6. The van der Waals surface area contributed by atoms with Crippen molar-refractivity contribution in [2.45, 2.75) is 25.3 Å². The molecular weight excluding hydrogens is 356 g/mol. The van der Waals surface area contributed by atoms with E-state index in [4.69, 9.17) is 9.47 Å². The van der Waals surface area contributed by atoms with Crippen LogP contribution < -0.4 is 25.4 Å². The average Bonchev–Trinajstić information content (AvgIpc) is 3.33. The van der Waals surface area contributed by atoms with Crippen molar-refractivity contribution in [3.8, 4) is 11.5 Å². The van der Waals surface area contributed by atoms with E-state index >= 15 is 0 Å². The number of carbonyl (C=O) groups excluding carboxylic acids is 4. The Balaban J connectivity index is 1.33. The summed E-state index contributed by atoms with van der Waals surface area (Å²) in [5, 5.41) is 7.23. The van der Waals surface area contributed by atoms with Gasteiger partial charge in [-0.25, -0.2) is 9.59 Å². The van der Waals surface area contributed by atoms with Crippen LogP contribution >= 0.6 is 0 Å². The molecule has 1 atom stereocenters. The first-order chi connectivity index (χ1) is 12.9. The highest BCUT2D eigenvalue weighted by molar-refractivity contribution is 6.10. The molecule has 10 heteroatoms. The van der Waals surface area contributed by atoms with Crippen LogP contribution in [-0.2, 0) is 9.59 Å². The molecular formula is C17H18N4O6. The summed E-state index contributed by atoms with van der Waals surface area (Å²) >= 11 is 0. The fourth-order valence-electron chi connectivity index (χ4n) is 3.24. The molecule has 1 aromatic rings. The molecule has 1 aliphatic carbocycles. The Hall–Kier alpha value is -3.30. The topological polar surface area (TPSA) is 126 Å². The Kier molecular flexibility index (Phi) is 3.90. The molecule has 1 saturated carbocycles. The highest BCUT2D eigenvalue weighted by atomic mass is 16.7. The molecule has 142 valence electrons. The lowest BCUT2D eigenvalue weighted by molar-refractivity contribution is -0.134. The summed E-state index contributed by atoms with van der Waals surface area (Å²) in [5.41, 5.74) is -0.563. The second-order valence-electron chi connectivity index (χ2n) is 6.87. The fourth-order valence-corrected chi connectivity index (χ4v) is 3.24.